The number of aromatic nitrogens is 1. The number of carbonyl (C=O) groups is 1. The second-order valence-electron chi connectivity index (χ2n) is 6.03. The summed E-state index contributed by atoms with van der Waals surface area (Å²) < 4.78 is 0. The van der Waals surface area contributed by atoms with Crippen LogP contribution < -0.4 is 5.32 Å². The Morgan fingerprint density at radius 1 is 1.19 bits per heavy atom. The molecule has 2 fully saturated rings. The molecule has 4 rings (SSSR count). The maximum Gasteiger partial charge on any atom is 0.240 e. The molecule has 1 aliphatic heterocycles. The summed E-state index contributed by atoms with van der Waals surface area (Å²) in [7, 11) is 0. The molecule has 1 amide bonds. The third-order valence-electron chi connectivity index (χ3n) is 4.39. The molecule has 0 spiro atoms. The summed E-state index contributed by atoms with van der Waals surface area (Å²) in [5.41, 5.74) is 2.14. The van der Waals surface area contributed by atoms with Crippen molar-refractivity contribution in [2.45, 2.75) is 37.9 Å². The predicted molar refractivity (Wildman–Crippen MR) is 81.7 cm³/mol. The van der Waals surface area contributed by atoms with Gasteiger partial charge in [-0.3, -0.25) is 9.78 Å². The molecule has 0 bridgehead atoms. The van der Waals surface area contributed by atoms with Gasteiger partial charge in [0.25, 0.3) is 0 Å². The lowest BCUT2D eigenvalue weighted by Crippen LogP contribution is -2.39. The average molecular weight is 281 g/mol. The highest BCUT2D eigenvalue weighted by Gasteiger charge is 2.35. The number of hydrogen-bond acceptors (Lipinski definition) is 3. The minimum absolute atomic E-state index is 0.0282. The lowest BCUT2D eigenvalue weighted by Gasteiger charge is -2.18. The van der Waals surface area contributed by atoms with Crippen LogP contribution in [0.4, 0.5) is 0 Å². The molecule has 21 heavy (non-hydrogen) atoms. The predicted octanol–water partition coefficient (Wildman–Crippen LogP) is 2.09. The molecule has 4 heteroatoms. The zero-order valence-electron chi connectivity index (χ0n) is 12.0. The number of fused-ring (bicyclic) bond motifs is 1. The third kappa shape index (κ3) is 2.51. The largest absolute Gasteiger partial charge is 0.337 e. The van der Waals surface area contributed by atoms with Gasteiger partial charge in [0.1, 0.15) is 0 Å². The summed E-state index contributed by atoms with van der Waals surface area (Å²) in [6, 6.07) is 10.8. The van der Waals surface area contributed by atoms with E-state index in [1.165, 1.54) is 12.8 Å². The fourth-order valence-electron chi connectivity index (χ4n) is 3.09. The zero-order valence-corrected chi connectivity index (χ0v) is 12.0. The van der Waals surface area contributed by atoms with Gasteiger partial charge in [0.2, 0.25) is 5.91 Å². The summed E-state index contributed by atoms with van der Waals surface area (Å²) in [4.78, 5) is 18.9. The maximum atomic E-state index is 12.5. The highest BCUT2D eigenvalue weighted by Crippen LogP contribution is 2.24. The number of rotatable bonds is 4. The van der Waals surface area contributed by atoms with Crippen LogP contribution in [0.3, 0.4) is 0 Å². The van der Waals surface area contributed by atoms with Crippen molar-refractivity contribution in [2.75, 3.05) is 6.54 Å². The molecule has 2 aliphatic rings. The molecule has 4 nitrogen and oxygen atoms in total. The van der Waals surface area contributed by atoms with Gasteiger partial charge in [0, 0.05) is 30.7 Å². The summed E-state index contributed by atoms with van der Waals surface area (Å²) in [5, 5.41) is 4.58. The van der Waals surface area contributed by atoms with Gasteiger partial charge in [-0.25, -0.2) is 0 Å². The molecule has 2 heterocycles. The van der Waals surface area contributed by atoms with Gasteiger partial charge in [-0.1, -0.05) is 24.3 Å². The van der Waals surface area contributed by atoms with E-state index in [2.05, 4.69) is 28.5 Å². The first-order valence-electron chi connectivity index (χ1n) is 7.69. The Hall–Kier alpha value is -1.94. The van der Waals surface area contributed by atoms with Crippen LogP contribution in [0, 0.1) is 0 Å². The molecule has 0 radical (unpaired) electrons. The topological polar surface area (TPSA) is 45.2 Å². The van der Waals surface area contributed by atoms with Gasteiger partial charge in [-0.2, -0.15) is 0 Å². The average Bonchev–Trinajstić information content (AvgIpc) is 3.27. The number of hydrogen-bond donors (Lipinski definition) is 1. The van der Waals surface area contributed by atoms with Gasteiger partial charge in [0.15, 0.2) is 0 Å². The van der Waals surface area contributed by atoms with Gasteiger partial charge in [-0.15, -0.1) is 0 Å². The fraction of sp³-hybridized carbons (Fsp3) is 0.412. The second kappa shape index (κ2) is 5.11. The number of para-hydroxylation sites is 1. The van der Waals surface area contributed by atoms with Crippen LogP contribution >= 0.6 is 0 Å². The Labute approximate surface area is 124 Å². The highest BCUT2D eigenvalue weighted by atomic mass is 16.2. The number of amides is 1. The molecular weight excluding hydrogens is 262 g/mol. The molecule has 1 aromatic carbocycles. The molecule has 1 saturated carbocycles. The summed E-state index contributed by atoms with van der Waals surface area (Å²) in [6.07, 6.45) is 5.18. The van der Waals surface area contributed by atoms with Crippen LogP contribution in [-0.4, -0.2) is 34.4 Å². The summed E-state index contributed by atoms with van der Waals surface area (Å²) >= 11 is 0. The van der Waals surface area contributed by atoms with Crippen molar-refractivity contribution in [1.29, 1.82) is 0 Å². The van der Waals surface area contributed by atoms with E-state index in [0.29, 0.717) is 12.6 Å². The Kier molecular flexibility index (Phi) is 3.11. The van der Waals surface area contributed by atoms with Crippen LogP contribution in [0.15, 0.2) is 36.5 Å². The van der Waals surface area contributed by atoms with Crippen molar-refractivity contribution < 1.29 is 4.79 Å². The van der Waals surface area contributed by atoms with Crippen molar-refractivity contribution in [1.82, 2.24) is 15.2 Å². The van der Waals surface area contributed by atoms with Crippen LogP contribution in [0.1, 0.15) is 24.8 Å². The van der Waals surface area contributed by atoms with Crippen molar-refractivity contribution >= 4 is 16.8 Å². The quantitative estimate of drug-likeness (QED) is 0.933. The van der Waals surface area contributed by atoms with E-state index in [1.54, 1.807) is 0 Å². The minimum atomic E-state index is 0.0282. The van der Waals surface area contributed by atoms with E-state index in [4.69, 9.17) is 0 Å². The van der Waals surface area contributed by atoms with Crippen LogP contribution in [0.2, 0.25) is 0 Å². The zero-order chi connectivity index (χ0) is 14.2. The van der Waals surface area contributed by atoms with Gasteiger partial charge < -0.3 is 10.2 Å². The van der Waals surface area contributed by atoms with Crippen molar-refractivity contribution in [2.24, 2.45) is 0 Å². The monoisotopic (exact) mass is 281 g/mol. The first kappa shape index (κ1) is 12.8. The Balaban J connectivity index is 1.53. The number of carbonyl (C=O) groups excluding carboxylic acids is 1. The number of nitrogens with one attached hydrogen (secondary N) is 1. The van der Waals surface area contributed by atoms with Crippen molar-refractivity contribution in [3.8, 4) is 0 Å². The van der Waals surface area contributed by atoms with Gasteiger partial charge >= 0.3 is 0 Å². The molecule has 1 saturated heterocycles. The Bertz CT molecular complexity index is 675. The van der Waals surface area contributed by atoms with Gasteiger partial charge in [-0.05, 0) is 30.9 Å². The third-order valence-corrected chi connectivity index (χ3v) is 4.39. The lowest BCUT2D eigenvalue weighted by atomic mass is 10.1. The van der Waals surface area contributed by atoms with Crippen molar-refractivity contribution in [3.63, 3.8) is 0 Å². The maximum absolute atomic E-state index is 12.5. The van der Waals surface area contributed by atoms with E-state index >= 15 is 0 Å². The van der Waals surface area contributed by atoms with E-state index in [0.717, 1.165) is 29.4 Å². The van der Waals surface area contributed by atoms with Gasteiger partial charge in [0.05, 0.1) is 11.6 Å². The Morgan fingerprint density at radius 3 is 2.90 bits per heavy atom. The molecule has 1 aliphatic carbocycles. The Morgan fingerprint density at radius 2 is 2.05 bits per heavy atom. The molecule has 1 aromatic heterocycles. The SMILES string of the molecule is O=C1C(NC2CC2)CCN1Cc1cccc2cccnc12. The lowest BCUT2D eigenvalue weighted by molar-refractivity contribution is -0.129. The van der Waals surface area contributed by atoms with E-state index in [9.17, 15) is 4.79 Å². The number of likely N-dealkylation sites (tertiary alicyclic amines) is 1. The number of nitrogens with zero attached hydrogens (tertiary/aromatic N) is 2. The summed E-state index contributed by atoms with van der Waals surface area (Å²) in [6.45, 7) is 1.50. The number of benzene rings is 1. The standard InChI is InChI=1S/C17H19N3O/c21-17-15(19-14-6-7-14)8-10-20(17)11-13-4-1-3-12-5-2-9-18-16(12)13/h1-5,9,14-15,19H,6-8,10-11H2. The first-order valence-corrected chi connectivity index (χ1v) is 7.69. The van der Waals surface area contributed by atoms with E-state index < -0.39 is 0 Å². The van der Waals surface area contributed by atoms with E-state index in [-0.39, 0.29) is 11.9 Å². The molecular formula is C17H19N3O. The minimum Gasteiger partial charge on any atom is -0.337 e. The number of pyridine rings is 1. The molecule has 1 unspecified atom stereocenters. The molecule has 1 N–H and O–H groups in total. The highest BCUT2D eigenvalue weighted by molar-refractivity contribution is 5.85. The molecule has 2 aromatic rings. The van der Waals surface area contributed by atoms with Crippen molar-refractivity contribution in [3.05, 3.63) is 42.1 Å². The van der Waals surface area contributed by atoms with Crippen LogP contribution in [0.5, 0.6) is 0 Å². The molecule has 1 atom stereocenters. The first-order chi connectivity index (χ1) is 10.3. The van der Waals surface area contributed by atoms with E-state index in [1.807, 2.05) is 23.2 Å². The summed E-state index contributed by atoms with van der Waals surface area (Å²) in [5.74, 6) is 0.245. The smallest absolute Gasteiger partial charge is 0.240 e. The normalized spacial score (nSPS) is 22.2. The molecule has 108 valence electrons. The second-order valence-corrected chi connectivity index (χ2v) is 6.03. The van der Waals surface area contributed by atoms with Crippen LogP contribution in [-0.2, 0) is 11.3 Å². The fourth-order valence-corrected chi connectivity index (χ4v) is 3.09. The van der Waals surface area contributed by atoms with Crippen LogP contribution in [0.25, 0.3) is 10.9 Å².